The van der Waals surface area contributed by atoms with E-state index in [9.17, 15) is 9.90 Å². The number of aliphatic hydroxyl groups excluding tert-OH is 2. The van der Waals surface area contributed by atoms with Gasteiger partial charge in [-0.25, -0.2) is 4.68 Å². The van der Waals surface area contributed by atoms with Crippen LogP contribution >= 0.6 is 0 Å². The van der Waals surface area contributed by atoms with E-state index in [2.05, 4.69) is 10.1 Å². The quantitative estimate of drug-likeness (QED) is 0.549. The maximum atomic E-state index is 11.7. The number of nitrogens with zero attached hydrogens (tertiary/aromatic N) is 2. The Morgan fingerprint density at radius 2 is 2.42 bits per heavy atom. The van der Waals surface area contributed by atoms with E-state index in [4.69, 9.17) is 15.6 Å². The van der Waals surface area contributed by atoms with Gasteiger partial charge in [-0.05, 0) is 0 Å². The molecule has 3 rings (SSSR count). The van der Waals surface area contributed by atoms with E-state index >= 15 is 0 Å². The third-order valence-electron chi connectivity index (χ3n) is 3.23. The van der Waals surface area contributed by atoms with Crippen LogP contribution in [0.2, 0.25) is 0 Å². The van der Waals surface area contributed by atoms with Gasteiger partial charge in [0.2, 0.25) is 0 Å². The van der Waals surface area contributed by atoms with E-state index in [-0.39, 0.29) is 18.0 Å². The molecule has 1 fully saturated rings. The van der Waals surface area contributed by atoms with Crippen LogP contribution in [0.3, 0.4) is 0 Å². The Morgan fingerprint density at radius 3 is 3.11 bits per heavy atom. The summed E-state index contributed by atoms with van der Waals surface area (Å²) < 4.78 is 6.94. The molecule has 1 saturated heterocycles. The molecule has 1 aliphatic rings. The Balaban J connectivity index is 1.99. The average molecular weight is 266 g/mol. The van der Waals surface area contributed by atoms with E-state index in [0.717, 1.165) is 0 Å². The highest BCUT2D eigenvalue weighted by atomic mass is 16.5. The van der Waals surface area contributed by atoms with Crippen molar-refractivity contribution >= 4 is 16.7 Å². The van der Waals surface area contributed by atoms with Gasteiger partial charge in [0, 0.05) is 18.7 Å². The van der Waals surface area contributed by atoms with E-state index in [1.54, 1.807) is 12.3 Å². The number of nitrogens with two attached hydrogens (primary N) is 1. The van der Waals surface area contributed by atoms with Gasteiger partial charge in [0.25, 0.3) is 5.56 Å². The van der Waals surface area contributed by atoms with Crippen molar-refractivity contribution in [1.29, 1.82) is 0 Å². The van der Waals surface area contributed by atoms with Crippen LogP contribution in [0.15, 0.2) is 17.1 Å². The third kappa shape index (κ3) is 1.99. The minimum absolute atomic E-state index is 0.239. The number of hydrogen-bond acceptors (Lipinski definition) is 6. The zero-order chi connectivity index (χ0) is 13.6. The normalized spacial score (nSPS) is 27.2. The first kappa shape index (κ1) is 12.2. The zero-order valence-electron chi connectivity index (χ0n) is 9.98. The molecule has 1 aliphatic heterocycles. The molecule has 0 amide bonds. The second-order valence-corrected chi connectivity index (χ2v) is 4.58. The third-order valence-corrected chi connectivity index (χ3v) is 3.23. The lowest BCUT2D eigenvalue weighted by atomic mass is 10.2. The van der Waals surface area contributed by atoms with Crippen LogP contribution in [-0.2, 0) is 4.74 Å². The van der Waals surface area contributed by atoms with Gasteiger partial charge in [-0.15, -0.1) is 0 Å². The molecule has 102 valence electrons. The van der Waals surface area contributed by atoms with Crippen molar-refractivity contribution in [1.82, 2.24) is 14.8 Å². The second-order valence-electron chi connectivity index (χ2n) is 4.58. The maximum absolute atomic E-state index is 11.7. The summed E-state index contributed by atoms with van der Waals surface area (Å²) in [6, 6.07) is 1.56. The Morgan fingerprint density at radius 1 is 1.63 bits per heavy atom. The van der Waals surface area contributed by atoms with Crippen molar-refractivity contribution in [2.75, 3.05) is 12.3 Å². The monoisotopic (exact) mass is 266 g/mol. The first-order valence-corrected chi connectivity index (χ1v) is 5.90. The minimum atomic E-state index is -0.745. The minimum Gasteiger partial charge on any atom is -0.394 e. The van der Waals surface area contributed by atoms with Crippen LogP contribution in [0.1, 0.15) is 12.6 Å². The highest BCUT2D eigenvalue weighted by Crippen LogP contribution is 2.28. The number of hydrogen-bond donors (Lipinski definition) is 4. The van der Waals surface area contributed by atoms with Gasteiger partial charge in [0.15, 0.2) is 6.23 Å². The summed E-state index contributed by atoms with van der Waals surface area (Å²) >= 11 is 0. The predicted molar refractivity (Wildman–Crippen MR) is 66.4 cm³/mol. The van der Waals surface area contributed by atoms with E-state index < -0.39 is 18.4 Å². The fraction of sp³-hybridized carbons (Fsp3) is 0.455. The lowest BCUT2D eigenvalue weighted by Crippen LogP contribution is -2.24. The predicted octanol–water partition coefficient (Wildman–Crippen LogP) is -1.05. The van der Waals surface area contributed by atoms with E-state index in [1.165, 1.54) is 4.68 Å². The molecule has 3 atom stereocenters. The standard InChI is InChI=1S/C11H14N4O4/c12-9-1-6-5(11(18)13-9)3-15(14-6)10-2-7(17)8(4-16)19-10/h1,3,7-8,10,16-17H,2,4,12H2,(H,13,18)/t7-,8+,10+/m0/s1. The van der Waals surface area contributed by atoms with Gasteiger partial charge in [-0.3, -0.25) is 4.79 Å². The summed E-state index contributed by atoms with van der Waals surface area (Å²) in [5.74, 6) is 0.239. The van der Waals surface area contributed by atoms with Crippen molar-refractivity contribution in [2.24, 2.45) is 0 Å². The number of nitrogens with one attached hydrogen (secondary N) is 1. The zero-order valence-corrected chi connectivity index (χ0v) is 9.98. The first-order valence-electron chi connectivity index (χ1n) is 5.90. The van der Waals surface area contributed by atoms with Crippen LogP contribution in [-0.4, -0.2) is 43.8 Å². The number of nitrogen functional groups attached to an aromatic ring is 1. The molecule has 5 N–H and O–H groups in total. The molecule has 0 radical (unpaired) electrons. The molecule has 0 aliphatic carbocycles. The van der Waals surface area contributed by atoms with Gasteiger partial charge in [0.1, 0.15) is 17.4 Å². The molecule has 3 heterocycles. The molecule has 0 unspecified atom stereocenters. The summed E-state index contributed by atoms with van der Waals surface area (Å²) in [6.45, 7) is -0.258. The summed E-state index contributed by atoms with van der Waals surface area (Å²) in [6.07, 6.45) is -0.0105. The topological polar surface area (TPSA) is 126 Å². The molecule has 0 spiro atoms. The largest absolute Gasteiger partial charge is 0.394 e. The van der Waals surface area contributed by atoms with Crippen LogP contribution < -0.4 is 11.3 Å². The number of anilines is 1. The Bertz CT molecular complexity index is 664. The highest BCUT2D eigenvalue weighted by Gasteiger charge is 2.35. The van der Waals surface area contributed by atoms with Gasteiger partial charge < -0.3 is 25.7 Å². The molecule has 8 nitrogen and oxygen atoms in total. The van der Waals surface area contributed by atoms with Crippen molar-refractivity contribution < 1.29 is 14.9 Å². The Labute approximate surface area is 107 Å². The molecular weight excluding hydrogens is 252 g/mol. The smallest absolute Gasteiger partial charge is 0.260 e. The number of aliphatic hydroxyl groups is 2. The van der Waals surface area contributed by atoms with Crippen molar-refractivity contribution in [2.45, 2.75) is 24.9 Å². The number of ether oxygens (including phenoxy) is 1. The van der Waals surface area contributed by atoms with Gasteiger partial charge in [-0.2, -0.15) is 5.10 Å². The summed E-state index contributed by atoms with van der Waals surface area (Å²) in [4.78, 5) is 14.2. The molecule has 0 aromatic carbocycles. The van der Waals surface area contributed by atoms with Gasteiger partial charge in [-0.1, -0.05) is 0 Å². The molecule has 2 aromatic heterocycles. The Kier molecular flexibility index (Phi) is 2.77. The molecule has 19 heavy (non-hydrogen) atoms. The Hall–Kier alpha value is -1.90. The number of H-pyrrole nitrogens is 1. The number of pyridine rings is 1. The van der Waals surface area contributed by atoms with Gasteiger partial charge in [0.05, 0.1) is 18.1 Å². The van der Waals surface area contributed by atoms with Crippen molar-refractivity contribution in [3.05, 3.63) is 22.6 Å². The fourth-order valence-corrected chi connectivity index (χ4v) is 2.26. The van der Waals surface area contributed by atoms with E-state index in [1.807, 2.05) is 0 Å². The molecule has 2 aromatic rings. The molecule has 8 heteroatoms. The number of fused-ring (bicyclic) bond motifs is 1. The summed E-state index contributed by atoms with van der Waals surface area (Å²) in [5.41, 5.74) is 5.69. The summed E-state index contributed by atoms with van der Waals surface area (Å²) in [7, 11) is 0. The second kappa shape index (κ2) is 4.34. The van der Waals surface area contributed by atoms with Crippen LogP contribution in [0.4, 0.5) is 5.82 Å². The first-order chi connectivity index (χ1) is 9.08. The van der Waals surface area contributed by atoms with Crippen molar-refractivity contribution in [3.63, 3.8) is 0 Å². The number of rotatable bonds is 2. The van der Waals surface area contributed by atoms with Crippen molar-refractivity contribution in [3.8, 4) is 0 Å². The SMILES string of the molecule is Nc1cc2nn([C@H]3C[C@H](O)[C@@H](CO)O3)cc2c(=O)[nH]1. The van der Waals surface area contributed by atoms with Crippen LogP contribution in [0.5, 0.6) is 0 Å². The van der Waals surface area contributed by atoms with Gasteiger partial charge >= 0.3 is 0 Å². The number of aromatic nitrogens is 3. The molecule has 0 bridgehead atoms. The average Bonchev–Trinajstić information content (AvgIpc) is 2.92. The molecule has 0 saturated carbocycles. The fourth-order valence-electron chi connectivity index (χ4n) is 2.26. The lowest BCUT2D eigenvalue weighted by molar-refractivity contribution is -0.0481. The lowest BCUT2D eigenvalue weighted by Gasteiger charge is -2.11. The maximum Gasteiger partial charge on any atom is 0.260 e. The van der Waals surface area contributed by atoms with Crippen LogP contribution in [0.25, 0.3) is 10.9 Å². The molecular formula is C11H14N4O4. The van der Waals surface area contributed by atoms with E-state index in [0.29, 0.717) is 17.3 Å². The number of aromatic amines is 1. The van der Waals surface area contributed by atoms with Crippen LogP contribution in [0, 0.1) is 0 Å². The highest BCUT2D eigenvalue weighted by molar-refractivity contribution is 5.79. The summed E-state index contributed by atoms with van der Waals surface area (Å²) in [5, 5.41) is 23.3.